The predicted molar refractivity (Wildman–Crippen MR) is 68.9 cm³/mol. The zero-order valence-electron chi connectivity index (χ0n) is 6.85. The van der Waals surface area contributed by atoms with E-state index in [1.54, 1.807) is 0 Å². The van der Waals surface area contributed by atoms with Crippen LogP contribution >= 0.6 is 45.2 Å². The van der Waals surface area contributed by atoms with Crippen molar-refractivity contribution in [3.8, 4) is 5.75 Å². The summed E-state index contributed by atoms with van der Waals surface area (Å²) in [7, 11) is 0. The van der Waals surface area contributed by atoms with Gasteiger partial charge in [-0.2, -0.15) is 0 Å². The summed E-state index contributed by atoms with van der Waals surface area (Å²) in [5.74, 6) is 0.407. The van der Waals surface area contributed by atoms with E-state index in [1.807, 2.05) is 0 Å². The summed E-state index contributed by atoms with van der Waals surface area (Å²) in [6.07, 6.45) is 1.21. The number of aromatic hydroxyl groups is 1. The van der Waals surface area contributed by atoms with Crippen LogP contribution in [0, 0.1) is 7.14 Å². The van der Waals surface area contributed by atoms with Gasteiger partial charge in [0.2, 0.25) is 0 Å². The van der Waals surface area contributed by atoms with Gasteiger partial charge in [0.05, 0.1) is 7.14 Å². The van der Waals surface area contributed by atoms with Crippen LogP contribution in [-0.2, 0) is 0 Å². The Morgan fingerprint density at radius 3 is 2.23 bits per heavy atom. The second kappa shape index (κ2) is 3.90. The highest BCUT2D eigenvalue weighted by Gasteiger charge is 2.20. The molecule has 0 radical (unpaired) electrons. The third-order valence-electron chi connectivity index (χ3n) is 2.27. The van der Waals surface area contributed by atoms with E-state index in [9.17, 15) is 5.11 Å². The molecule has 1 fully saturated rings. The van der Waals surface area contributed by atoms with Crippen molar-refractivity contribution in [1.29, 1.82) is 0 Å². The van der Waals surface area contributed by atoms with Crippen LogP contribution in [0.5, 0.6) is 5.75 Å². The van der Waals surface area contributed by atoms with Crippen molar-refractivity contribution in [1.82, 2.24) is 5.32 Å². The van der Waals surface area contributed by atoms with E-state index in [4.69, 9.17) is 0 Å². The normalized spacial score (nSPS) is 21.2. The highest BCUT2D eigenvalue weighted by atomic mass is 127. The minimum atomic E-state index is 0.407. The lowest BCUT2D eigenvalue weighted by Crippen LogP contribution is -2.34. The Morgan fingerprint density at radius 2 is 1.85 bits per heavy atom. The number of halogens is 2. The third kappa shape index (κ3) is 1.94. The Labute approximate surface area is 104 Å². The number of nitrogens with one attached hydrogen (secondary N) is 1. The smallest absolute Gasteiger partial charge is 0.142 e. The van der Waals surface area contributed by atoms with E-state index in [0.29, 0.717) is 11.8 Å². The summed E-state index contributed by atoms with van der Waals surface area (Å²) in [4.78, 5) is 0. The fraction of sp³-hybridized carbons (Fsp3) is 0.333. The second-order valence-corrected chi connectivity index (χ2v) is 5.45. The van der Waals surface area contributed by atoms with E-state index in [-0.39, 0.29) is 0 Å². The molecule has 4 heteroatoms. The molecule has 1 heterocycles. The summed E-state index contributed by atoms with van der Waals surface area (Å²) in [6.45, 7) is 1.11. The van der Waals surface area contributed by atoms with E-state index >= 15 is 0 Å². The Bertz CT molecular complexity index is 313. The van der Waals surface area contributed by atoms with Crippen LogP contribution in [0.2, 0.25) is 0 Å². The fourth-order valence-electron chi connectivity index (χ4n) is 1.36. The quantitative estimate of drug-likeness (QED) is 0.710. The van der Waals surface area contributed by atoms with Crippen LogP contribution < -0.4 is 5.32 Å². The topological polar surface area (TPSA) is 32.3 Å². The minimum absolute atomic E-state index is 0.407. The second-order valence-electron chi connectivity index (χ2n) is 3.13. The molecule has 0 aromatic heterocycles. The number of hydrogen-bond acceptors (Lipinski definition) is 2. The maximum absolute atomic E-state index is 9.57. The maximum atomic E-state index is 9.57. The van der Waals surface area contributed by atoms with Crippen LogP contribution in [0.3, 0.4) is 0 Å². The molecule has 1 aliphatic rings. The molecule has 0 amide bonds. The first-order valence-electron chi connectivity index (χ1n) is 4.10. The van der Waals surface area contributed by atoms with Gasteiger partial charge in [-0.05, 0) is 75.8 Å². The van der Waals surface area contributed by atoms with Crippen molar-refractivity contribution in [3.63, 3.8) is 0 Å². The lowest BCUT2D eigenvalue weighted by molar-refractivity contribution is 0.382. The zero-order chi connectivity index (χ0) is 9.42. The molecule has 2 rings (SSSR count). The van der Waals surface area contributed by atoms with Crippen LogP contribution in [0.25, 0.3) is 0 Å². The van der Waals surface area contributed by atoms with Crippen LogP contribution in [0.4, 0.5) is 0 Å². The maximum Gasteiger partial charge on any atom is 0.142 e. The molecule has 2 N–H and O–H groups in total. The van der Waals surface area contributed by atoms with Crippen LogP contribution in [0.15, 0.2) is 12.1 Å². The summed E-state index contributed by atoms with van der Waals surface area (Å²) >= 11 is 4.33. The molecule has 0 saturated carbocycles. The minimum Gasteiger partial charge on any atom is -0.506 e. The molecule has 2 nitrogen and oxygen atoms in total. The van der Waals surface area contributed by atoms with Gasteiger partial charge in [0, 0.05) is 6.04 Å². The number of hydrogen-bond donors (Lipinski definition) is 2. The average Bonchev–Trinajstić information content (AvgIpc) is 1.96. The highest BCUT2D eigenvalue weighted by Crippen LogP contribution is 2.32. The van der Waals surface area contributed by atoms with Gasteiger partial charge in [-0.15, -0.1) is 0 Å². The van der Waals surface area contributed by atoms with Crippen molar-refractivity contribution in [2.75, 3.05) is 6.54 Å². The third-order valence-corrected chi connectivity index (χ3v) is 3.91. The van der Waals surface area contributed by atoms with Crippen molar-refractivity contribution in [2.24, 2.45) is 0 Å². The average molecular weight is 401 g/mol. The molecular weight excluding hydrogens is 392 g/mol. The Hall–Kier alpha value is 0.440. The van der Waals surface area contributed by atoms with Gasteiger partial charge in [0.25, 0.3) is 0 Å². The van der Waals surface area contributed by atoms with Crippen molar-refractivity contribution in [2.45, 2.75) is 12.5 Å². The largest absolute Gasteiger partial charge is 0.506 e. The molecule has 1 aromatic rings. The molecule has 0 bridgehead atoms. The molecule has 0 spiro atoms. The first-order valence-corrected chi connectivity index (χ1v) is 6.25. The predicted octanol–water partition coefficient (Wildman–Crippen LogP) is 2.64. The Balaban J connectivity index is 2.37. The van der Waals surface area contributed by atoms with Crippen LogP contribution in [0.1, 0.15) is 18.0 Å². The van der Waals surface area contributed by atoms with E-state index in [2.05, 4.69) is 62.6 Å². The monoisotopic (exact) mass is 401 g/mol. The van der Waals surface area contributed by atoms with Gasteiger partial charge in [0.15, 0.2) is 0 Å². The van der Waals surface area contributed by atoms with Crippen LogP contribution in [-0.4, -0.2) is 11.7 Å². The zero-order valence-corrected chi connectivity index (χ0v) is 11.2. The molecule has 0 unspecified atom stereocenters. The van der Waals surface area contributed by atoms with Crippen molar-refractivity contribution < 1.29 is 5.11 Å². The Morgan fingerprint density at radius 1 is 1.31 bits per heavy atom. The number of phenols is 1. The fourth-order valence-corrected chi connectivity index (χ4v) is 3.18. The first-order chi connectivity index (χ1) is 6.18. The molecule has 1 aromatic carbocycles. The summed E-state index contributed by atoms with van der Waals surface area (Å²) in [5, 5.41) is 12.9. The van der Waals surface area contributed by atoms with E-state index < -0.39 is 0 Å². The molecular formula is C9H9I2NO. The summed E-state index contributed by atoms with van der Waals surface area (Å²) in [5.41, 5.74) is 1.29. The van der Waals surface area contributed by atoms with Gasteiger partial charge in [0.1, 0.15) is 5.75 Å². The lowest BCUT2D eigenvalue weighted by Gasteiger charge is -2.28. The molecule has 13 heavy (non-hydrogen) atoms. The van der Waals surface area contributed by atoms with Gasteiger partial charge in [-0.25, -0.2) is 0 Å². The van der Waals surface area contributed by atoms with Gasteiger partial charge in [-0.1, -0.05) is 0 Å². The highest BCUT2D eigenvalue weighted by molar-refractivity contribution is 14.1. The lowest BCUT2D eigenvalue weighted by atomic mass is 9.98. The van der Waals surface area contributed by atoms with Crippen molar-refractivity contribution >= 4 is 45.2 Å². The first kappa shape index (κ1) is 9.97. The number of phenolic OH excluding ortho intramolecular Hbond substituents is 1. The van der Waals surface area contributed by atoms with Gasteiger partial charge in [-0.3, -0.25) is 0 Å². The molecule has 1 atom stereocenters. The number of rotatable bonds is 1. The van der Waals surface area contributed by atoms with E-state index in [1.165, 1.54) is 12.0 Å². The molecule has 1 aliphatic heterocycles. The Kier molecular flexibility index (Phi) is 2.99. The summed E-state index contributed by atoms with van der Waals surface area (Å²) < 4.78 is 1.88. The van der Waals surface area contributed by atoms with Crippen molar-refractivity contribution in [3.05, 3.63) is 24.8 Å². The molecule has 0 aliphatic carbocycles. The SMILES string of the molecule is Oc1c(I)cc([C@@H]2CCN2)cc1I. The van der Waals surface area contributed by atoms with Gasteiger partial charge >= 0.3 is 0 Å². The number of benzene rings is 1. The van der Waals surface area contributed by atoms with Gasteiger partial charge < -0.3 is 10.4 Å². The summed E-state index contributed by atoms with van der Waals surface area (Å²) in [6, 6.07) is 4.60. The molecule has 1 saturated heterocycles. The standard InChI is InChI=1S/C9H9I2NO/c10-6-3-5(8-1-2-12-8)4-7(11)9(6)13/h3-4,8,12-13H,1-2H2/t8-/m0/s1. The van der Waals surface area contributed by atoms with E-state index in [0.717, 1.165) is 13.7 Å². The molecule has 70 valence electrons.